The summed E-state index contributed by atoms with van der Waals surface area (Å²) >= 11 is 0. The Morgan fingerprint density at radius 2 is 1.62 bits per heavy atom. The van der Waals surface area contributed by atoms with Gasteiger partial charge in [-0.15, -0.1) is 0 Å². The zero-order valence-corrected chi connectivity index (χ0v) is 16.4. The van der Waals surface area contributed by atoms with E-state index in [9.17, 15) is 13.2 Å². The molecule has 2 aromatic carbocycles. The van der Waals surface area contributed by atoms with Gasteiger partial charge in [-0.25, -0.2) is 13.1 Å². The van der Waals surface area contributed by atoms with Crippen molar-refractivity contribution in [3.8, 4) is 0 Å². The van der Waals surface area contributed by atoms with Crippen molar-refractivity contribution in [2.45, 2.75) is 31.1 Å². The zero-order chi connectivity index (χ0) is 19.2. The van der Waals surface area contributed by atoms with Crippen LogP contribution in [0, 0.1) is 0 Å². The van der Waals surface area contributed by atoms with E-state index in [1.165, 1.54) is 6.92 Å². The molecule has 2 aromatic rings. The van der Waals surface area contributed by atoms with Crippen LogP contribution in [0.15, 0.2) is 41.3 Å². The van der Waals surface area contributed by atoms with Crippen molar-refractivity contribution in [2.24, 2.45) is 0 Å². The minimum Gasteiger partial charge on any atom is -0.377 e. The standard InChI is InChI=1S/C19H27N3O3S/c1-15(23)20-13-5-4-6-14-21-26(24,25)19-12-8-9-16-17(19)10-7-11-18(16)22(2)3/h7-12,21H,4-6,13-14H2,1-3H3,(H,20,23). The Morgan fingerprint density at radius 3 is 2.31 bits per heavy atom. The fourth-order valence-corrected chi connectivity index (χ4v) is 4.16. The second kappa shape index (κ2) is 9.00. The topological polar surface area (TPSA) is 78.5 Å². The molecule has 0 unspecified atom stereocenters. The summed E-state index contributed by atoms with van der Waals surface area (Å²) in [6, 6.07) is 11.0. The fraction of sp³-hybridized carbons (Fsp3) is 0.421. The van der Waals surface area contributed by atoms with Crippen LogP contribution in [-0.4, -0.2) is 41.5 Å². The maximum absolute atomic E-state index is 12.7. The van der Waals surface area contributed by atoms with E-state index >= 15 is 0 Å². The number of hydrogen-bond donors (Lipinski definition) is 2. The molecule has 2 rings (SSSR count). The molecule has 0 spiro atoms. The van der Waals surface area contributed by atoms with E-state index < -0.39 is 10.0 Å². The van der Waals surface area contributed by atoms with Gasteiger partial charge in [0, 0.05) is 50.6 Å². The number of rotatable bonds is 9. The lowest BCUT2D eigenvalue weighted by atomic mass is 10.1. The number of sulfonamides is 1. The summed E-state index contributed by atoms with van der Waals surface area (Å²) in [6.45, 7) is 2.49. The largest absolute Gasteiger partial charge is 0.377 e. The summed E-state index contributed by atoms with van der Waals surface area (Å²) in [5, 5.41) is 4.36. The summed E-state index contributed by atoms with van der Waals surface area (Å²) in [5.74, 6) is -0.0428. The number of unbranched alkanes of at least 4 members (excludes halogenated alkanes) is 2. The van der Waals surface area contributed by atoms with Gasteiger partial charge < -0.3 is 10.2 Å². The van der Waals surface area contributed by atoms with E-state index in [0.717, 1.165) is 35.7 Å². The molecule has 1 amide bonds. The SMILES string of the molecule is CC(=O)NCCCCCNS(=O)(=O)c1cccc2c(N(C)C)cccc12. The highest BCUT2D eigenvalue weighted by molar-refractivity contribution is 7.89. The van der Waals surface area contributed by atoms with E-state index in [1.54, 1.807) is 12.1 Å². The molecule has 6 nitrogen and oxygen atoms in total. The van der Waals surface area contributed by atoms with Gasteiger partial charge >= 0.3 is 0 Å². The van der Waals surface area contributed by atoms with Crippen LogP contribution in [0.3, 0.4) is 0 Å². The van der Waals surface area contributed by atoms with Crippen molar-refractivity contribution in [1.82, 2.24) is 10.0 Å². The second-order valence-corrected chi connectivity index (χ2v) is 8.20. The Balaban J connectivity index is 2.05. The van der Waals surface area contributed by atoms with Crippen LogP contribution in [0.1, 0.15) is 26.2 Å². The first-order valence-corrected chi connectivity index (χ1v) is 10.2. The molecule has 0 radical (unpaired) electrons. The highest BCUT2D eigenvalue weighted by Crippen LogP contribution is 2.30. The summed E-state index contributed by atoms with van der Waals surface area (Å²) in [6.07, 6.45) is 2.41. The van der Waals surface area contributed by atoms with Crippen LogP contribution in [0.25, 0.3) is 10.8 Å². The van der Waals surface area contributed by atoms with Crippen molar-refractivity contribution >= 4 is 32.4 Å². The average Bonchev–Trinajstić information content (AvgIpc) is 2.59. The Morgan fingerprint density at radius 1 is 0.962 bits per heavy atom. The van der Waals surface area contributed by atoms with Crippen molar-refractivity contribution in [1.29, 1.82) is 0 Å². The van der Waals surface area contributed by atoms with E-state index in [-0.39, 0.29) is 5.91 Å². The Hall–Kier alpha value is -2.12. The third kappa shape index (κ3) is 5.19. The molecule has 2 N–H and O–H groups in total. The third-order valence-corrected chi connectivity index (χ3v) is 5.67. The summed E-state index contributed by atoms with van der Waals surface area (Å²) in [7, 11) is 0.306. The van der Waals surface area contributed by atoms with Gasteiger partial charge in [0.2, 0.25) is 15.9 Å². The zero-order valence-electron chi connectivity index (χ0n) is 15.6. The minimum atomic E-state index is -3.57. The van der Waals surface area contributed by atoms with Gasteiger partial charge in [0.15, 0.2) is 0 Å². The minimum absolute atomic E-state index is 0.0428. The molecular weight excluding hydrogens is 350 g/mol. The van der Waals surface area contributed by atoms with E-state index in [1.807, 2.05) is 43.3 Å². The first-order chi connectivity index (χ1) is 12.3. The number of benzene rings is 2. The van der Waals surface area contributed by atoms with Gasteiger partial charge in [0.05, 0.1) is 4.90 Å². The second-order valence-electron chi connectivity index (χ2n) is 6.46. The first-order valence-electron chi connectivity index (χ1n) is 8.76. The lowest BCUT2D eigenvalue weighted by Crippen LogP contribution is -2.25. The number of carbonyl (C=O) groups is 1. The van der Waals surface area contributed by atoms with Gasteiger partial charge in [-0.1, -0.05) is 30.7 Å². The van der Waals surface area contributed by atoms with Crippen LogP contribution in [-0.2, 0) is 14.8 Å². The molecule has 0 aliphatic rings. The molecule has 0 atom stereocenters. The molecule has 26 heavy (non-hydrogen) atoms. The quantitative estimate of drug-likeness (QED) is 0.658. The van der Waals surface area contributed by atoms with Crippen molar-refractivity contribution in [3.63, 3.8) is 0 Å². The number of hydrogen-bond acceptors (Lipinski definition) is 4. The molecule has 0 aliphatic heterocycles. The predicted octanol–water partition coefficient (Wildman–Crippen LogP) is 2.49. The maximum atomic E-state index is 12.7. The predicted molar refractivity (Wildman–Crippen MR) is 106 cm³/mol. The lowest BCUT2D eigenvalue weighted by molar-refractivity contribution is -0.118. The summed E-state index contributed by atoms with van der Waals surface area (Å²) in [4.78, 5) is 13.1. The Kier molecular flexibility index (Phi) is 6.99. The molecule has 142 valence electrons. The third-order valence-electron chi connectivity index (χ3n) is 4.15. The van der Waals surface area contributed by atoms with E-state index in [0.29, 0.717) is 18.0 Å². The molecule has 0 saturated heterocycles. The summed E-state index contributed by atoms with van der Waals surface area (Å²) in [5.41, 5.74) is 0.984. The number of carbonyl (C=O) groups excluding carboxylic acids is 1. The lowest BCUT2D eigenvalue weighted by Gasteiger charge is -2.17. The van der Waals surface area contributed by atoms with Gasteiger partial charge in [-0.2, -0.15) is 0 Å². The van der Waals surface area contributed by atoms with E-state index in [4.69, 9.17) is 0 Å². The highest BCUT2D eigenvalue weighted by atomic mass is 32.2. The van der Waals surface area contributed by atoms with Gasteiger partial charge in [-0.3, -0.25) is 4.79 Å². The molecule has 7 heteroatoms. The van der Waals surface area contributed by atoms with Crippen LogP contribution in [0.4, 0.5) is 5.69 Å². The van der Waals surface area contributed by atoms with E-state index in [2.05, 4.69) is 10.0 Å². The number of anilines is 1. The molecule has 0 aliphatic carbocycles. The van der Waals surface area contributed by atoms with Crippen molar-refractivity contribution in [2.75, 3.05) is 32.1 Å². The number of nitrogens with one attached hydrogen (secondary N) is 2. The number of amides is 1. The number of fused-ring (bicyclic) bond motifs is 1. The fourth-order valence-electron chi connectivity index (χ4n) is 2.86. The average molecular weight is 378 g/mol. The maximum Gasteiger partial charge on any atom is 0.241 e. The Bertz CT molecular complexity index is 863. The molecule has 0 aromatic heterocycles. The van der Waals surface area contributed by atoms with Crippen LogP contribution >= 0.6 is 0 Å². The Labute approximate surface area is 155 Å². The van der Waals surface area contributed by atoms with Crippen molar-refractivity contribution in [3.05, 3.63) is 36.4 Å². The van der Waals surface area contributed by atoms with Gasteiger partial charge in [0.1, 0.15) is 0 Å². The molecule has 0 fully saturated rings. The van der Waals surface area contributed by atoms with Crippen molar-refractivity contribution < 1.29 is 13.2 Å². The normalized spacial score (nSPS) is 11.5. The monoisotopic (exact) mass is 377 g/mol. The number of nitrogens with zero attached hydrogens (tertiary/aromatic N) is 1. The molecule has 0 heterocycles. The van der Waals surface area contributed by atoms with Crippen LogP contribution in [0.5, 0.6) is 0 Å². The molecule has 0 bridgehead atoms. The summed E-state index contributed by atoms with van der Waals surface area (Å²) < 4.78 is 28.1. The van der Waals surface area contributed by atoms with Gasteiger partial charge in [-0.05, 0) is 25.0 Å². The highest BCUT2D eigenvalue weighted by Gasteiger charge is 2.17. The first kappa shape index (κ1) is 20.2. The smallest absolute Gasteiger partial charge is 0.241 e. The molecular formula is C19H27N3O3S. The van der Waals surface area contributed by atoms with Gasteiger partial charge in [0.25, 0.3) is 0 Å². The van der Waals surface area contributed by atoms with Crippen LogP contribution in [0.2, 0.25) is 0 Å². The molecule has 0 saturated carbocycles. The van der Waals surface area contributed by atoms with Crippen LogP contribution < -0.4 is 14.9 Å².